The maximum atomic E-state index is 16.2. The zero-order valence-corrected chi connectivity index (χ0v) is 61.7. The van der Waals surface area contributed by atoms with Crippen LogP contribution in [0.5, 0.6) is 46.0 Å². The van der Waals surface area contributed by atoms with Crippen molar-refractivity contribution in [3.8, 4) is 57.1 Å². The summed E-state index contributed by atoms with van der Waals surface area (Å²) in [6.45, 7) is 6.03. The van der Waals surface area contributed by atoms with Gasteiger partial charge in [-0.1, -0.05) is 76.8 Å². The Bertz CT molecular complexity index is 4230. The second-order valence-electron chi connectivity index (χ2n) is 27.1. The Balaban J connectivity index is 1.22. The molecule has 23 N–H and O–H groups in total. The molecule has 0 aliphatic carbocycles. The summed E-state index contributed by atoms with van der Waals surface area (Å²) in [5.74, 6) is -13.7. The minimum absolute atomic E-state index is 0.0291. The number of amides is 8. The molecule has 108 heavy (non-hydrogen) atoms. The van der Waals surface area contributed by atoms with E-state index in [1.807, 2.05) is 13.8 Å². The van der Waals surface area contributed by atoms with Gasteiger partial charge in [0.15, 0.2) is 23.9 Å². The molecule has 5 aromatic carbocycles. The first-order valence-corrected chi connectivity index (χ1v) is 37.4. The lowest BCUT2D eigenvalue weighted by Crippen LogP contribution is -2.64. The molecule has 2 saturated heterocycles. The monoisotopic (exact) mass is 1580 g/mol. The van der Waals surface area contributed by atoms with Crippen LogP contribution in [-0.2, 0) is 52.6 Å². The number of hydrogen-bond acceptors (Lipinski definition) is 28. The highest BCUT2D eigenvalue weighted by Gasteiger charge is 2.52. The number of carbonyl (C=O) groups is 8. The number of nitrogens with two attached hydrogens (primary N) is 3. The lowest BCUT2D eigenvalue weighted by atomic mass is 9.86. The van der Waals surface area contributed by atoms with E-state index in [9.17, 15) is 65.1 Å². The van der Waals surface area contributed by atoms with Gasteiger partial charge in [0.2, 0.25) is 59.3 Å². The third kappa shape index (κ3) is 18.5. The van der Waals surface area contributed by atoms with E-state index in [4.69, 9.17) is 68.8 Å². The number of fused-ring (bicyclic) bond motifs is 15. The largest absolute Gasteiger partial charge is 0.508 e. The van der Waals surface area contributed by atoms with Crippen molar-refractivity contribution in [1.29, 1.82) is 0 Å². The summed E-state index contributed by atoms with van der Waals surface area (Å²) < 4.78 is 38.6. The Morgan fingerprint density at radius 1 is 0.722 bits per heavy atom. The number of carbonyl (C=O) groups excluding carboxylic acids is 8. The van der Waals surface area contributed by atoms with Crippen molar-refractivity contribution in [2.45, 2.75) is 156 Å². The summed E-state index contributed by atoms with van der Waals surface area (Å²) in [4.78, 5) is 120. The fourth-order valence-electron chi connectivity index (χ4n) is 13.0. The Morgan fingerprint density at radius 2 is 1.34 bits per heavy atom. The van der Waals surface area contributed by atoms with E-state index in [1.54, 1.807) is 0 Å². The van der Waals surface area contributed by atoms with Gasteiger partial charge in [-0.3, -0.25) is 38.4 Å². The summed E-state index contributed by atoms with van der Waals surface area (Å²) in [7, 11) is 4.26. The number of primary amides is 1. The molecule has 2 fully saturated rings. The van der Waals surface area contributed by atoms with E-state index < -0.39 is 220 Å². The molecule has 0 unspecified atom stereocenters. The normalized spacial score (nSPS) is 28.3. The fourth-order valence-corrected chi connectivity index (χ4v) is 15.2. The fraction of sp³-hybridized carbons (Fsp3) is 0.457. The maximum absolute atomic E-state index is 16.2. The molecular formula is C70H85Cl2N11O23S2. The SMILES string of the molecule is CN[C@H](CC(C)C)C(=O)N[C@H]1C(=O)N[C@@H](CC(N)=O)C(=O)N[C@H]2C(=O)N[C@H]3C(=O)N[C@H](C(=O)N[C@H](C(=O)NCCSSCCN)c4cc(O)cc(O)c4-c4cc3ccc4O)[C@H](O)c3ccc(c(Cl)c3)Oc3cc2cc(c3O[C@@H]2O[C@H](CO)[C@@H](O)[C@H](O)[C@H]2O[C@H]2C[C@](C)(N)[C@H](O)[C@H](C)O2)Oc2ccc(cc2Cl)[C@H]1O. The van der Waals surface area contributed by atoms with E-state index in [0.717, 1.165) is 60.7 Å². The first-order chi connectivity index (χ1) is 51.2. The predicted molar refractivity (Wildman–Crippen MR) is 389 cm³/mol. The number of nitrogens with one attached hydrogen (secondary N) is 8. The van der Waals surface area contributed by atoms with Crippen molar-refractivity contribution in [2.24, 2.45) is 23.1 Å². The van der Waals surface area contributed by atoms with Gasteiger partial charge in [0.1, 0.15) is 95.5 Å². The second kappa shape index (κ2) is 35.0. The summed E-state index contributed by atoms with van der Waals surface area (Å²) in [6, 6.07) is 0.413. The van der Waals surface area contributed by atoms with Gasteiger partial charge in [-0.15, -0.1) is 0 Å². The Labute approximate surface area is 635 Å². The Morgan fingerprint density at radius 3 is 1.95 bits per heavy atom. The number of rotatable bonds is 19. The maximum Gasteiger partial charge on any atom is 0.248 e. The molecule has 5 aromatic rings. The predicted octanol–water partition coefficient (Wildman–Crippen LogP) is 0.478. The lowest BCUT2D eigenvalue weighted by Gasteiger charge is -2.47. The number of halogens is 2. The van der Waals surface area contributed by atoms with Crippen LogP contribution in [0.4, 0.5) is 0 Å². The zero-order chi connectivity index (χ0) is 78.5. The van der Waals surface area contributed by atoms with Crippen LogP contribution in [0, 0.1) is 5.92 Å². The van der Waals surface area contributed by atoms with Crippen molar-refractivity contribution in [3.63, 3.8) is 0 Å². The molecule has 0 spiro atoms. The van der Waals surface area contributed by atoms with Crippen LogP contribution in [0.2, 0.25) is 10.0 Å². The van der Waals surface area contributed by atoms with Crippen LogP contribution < -0.4 is 73.9 Å². The van der Waals surface area contributed by atoms with Crippen LogP contribution in [0.3, 0.4) is 0 Å². The number of aliphatic hydroxyl groups excluding tert-OH is 6. The highest BCUT2D eigenvalue weighted by molar-refractivity contribution is 8.76. The van der Waals surface area contributed by atoms with Crippen LogP contribution in [-0.4, -0.2) is 210 Å². The van der Waals surface area contributed by atoms with Crippen LogP contribution in [0.1, 0.15) is 105 Å². The molecule has 12 rings (SSSR count). The van der Waals surface area contributed by atoms with Crippen LogP contribution in [0.15, 0.2) is 78.9 Å². The number of aromatic hydroxyl groups is 3. The van der Waals surface area contributed by atoms with Crippen LogP contribution >= 0.6 is 44.8 Å². The number of hydrogen-bond donors (Lipinski definition) is 20. The van der Waals surface area contributed by atoms with E-state index in [-0.39, 0.29) is 69.6 Å². The summed E-state index contributed by atoms with van der Waals surface area (Å²) >= 11 is 14.2. The quantitative estimate of drug-likeness (QED) is 0.0395. The smallest absolute Gasteiger partial charge is 0.248 e. The highest BCUT2D eigenvalue weighted by atomic mass is 35.5. The lowest BCUT2D eigenvalue weighted by molar-refractivity contribution is -0.333. The Hall–Kier alpha value is -8.54. The molecule has 34 nitrogen and oxygen atoms in total. The van der Waals surface area contributed by atoms with Crippen molar-refractivity contribution in [2.75, 3.05) is 38.2 Å². The number of benzene rings is 5. The number of aliphatic hydroxyl groups is 6. The van der Waals surface area contributed by atoms with Gasteiger partial charge in [0.05, 0.1) is 41.3 Å². The van der Waals surface area contributed by atoms with Gasteiger partial charge in [-0.25, -0.2) is 0 Å². The standard InChI is InChI=1S/C70H85Cl2N11O23S2/c1-27(2)16-38(76-5)62(94)82-53-55(89)30-7-10-42(36(71)18-30)102-44-20-32-21-45(59(44)106-69-60(58(92)57(91)46(26-84)104-69)105-48-25-70(4,75)61(93)28(3)101-48)103-43-11-8-31(19-37(43)72)56(90)54-68(100)81-52(64(96)77-13-15-108-107-14-12-73)35-22-33(85)23-41(87)49(35)34-17-29(6-9-40(34)86)50(65(97)83-54)80-66(98)51(32)79-63(95)39(24-47(74)88)78-67(53)99/h6-11,17-23,27-28,38-39,46,48,50-58,60-61,69,76,84-87,89-93H,12-16,24-26,73,75H2,1-5H3,(H2,74,88)(H,77,96)(H,78,99)(H,79,95)(H,80,98)(H,81,100)(H,82,94)(H,83,97)/t28-,38+,39-,46+,48-,50+,51+,52-,53+,54-,55+,56+,57+,58-,60+,61+,69-,70-/m0/s1. The second-order valence-corrected chi connectivity index (χ2v) is 30.6. The molecule has 18 atom stereocenters. The van der Waals surface area contributed by atoms with Crippen molar-refractivity contribution < 1.29 is 113 Å². The molecule has 0 saturated carbocycles. The third-order valence-electron chi connectivity index (χ3n) is 18.6. The van der Waals surface area contributed by atoms with Gasteiger partial charge in [-0.2, -0.15) is 0 Å². The first-order valence-electron chi connectivity index (χ1n) is 34.2. The van der Waals surface area contributed by atoms with E-state index >= 15 is 19.2 Å². The van der Waals surface area contributed by atoms with Gasteiger partial charge >= 0.3 is 0 Å². The van der Waals surface area contributed by atoms with Crippen molar-refractivity contribution in [3.05, 3.63) is 117 Å². The number of phenolic OH excluding ortho intramolecular Hbond substituents is 3. The summed E-state index contributed by atoms with van der Waals surface area (Å²) in [6.07, 6.45) is -18.5. The number of likely N-dealkylation sites (N-methyl/N-ethyl adjacent to an activating group) is 1. The summed E-state index contributed by atoms with van der Waals surface area (Å²) in [5, 5.41) is 125. The van der Waals surface area contributed by atoms with Gasteiger partial charge in [-0.05, 0) is 116 Å². The minimum atomic E-state index is -2.34. The third-order valence-corrected chi connectivity index (χ3v) is 21.6. The molecule has 0 aromatic heterocycles. The topological polar surface area (TPSA) is 548 Å². The molecular weight excluding hydrogens is 1500 g/mol. The molecule has 11 bridgehead atoms. The molecule has 8 amide bonds. The average Bonchev–Trinajstić information content (AvgIpc) is 0.775. The van der Waals surface area contributed by atoms with Gasteiger partial charge in [0.25, 0.3) is 0 Å². The molecule has 7 heterocycles. The molecule has 7 aliphatic rings. The van der Waals surface area contributed by atoms with E-state index in [0.29, 0.717) is 18.1 Å². The zero-order valence-electron chi connectivity index (χ0n) is 58.6. The average molecular weight is 1580 g/mol. The number of phenols is 3. The molecule has 38 heteroatoms. The minimum Gasteiger partial charge on any atom is -0.508 e. The first kappa shape index (κ1) is 82.0. The van der Waals surface area contributed by atoms with Gasteiger partial charge in [0, 0.05) is 53.7 Å². The van der Waals surface area contributed by atoms with E-state index in [1.165, 1.54) is 60.7 Å². The Kier molecular flexibility index (Phi) is 26.6. The summed E-state index contributed by atoms with van der Waals surface area (Å²) in [5.41, 5.74) is 14.3. The molecule has 584 valence electrons. The van der Waals surface area contributed by atoms with Crippen molar-refractivity contribution in [1.82, 2.24) is 42.5 Å². The van der Waals surface area contributed by atoms with E-state index in [2.05, 4.69) is 42.5 Å². The van der Waals surface area contributed by atoms with Gasteiger partial charge < -0.3 is 134 Å². The highest BCUT2D eigenvalue weighted by Crippen LogP contribution is 2.50. The van der Waals surface area contributed by atoms with Crippen molar-refractivity contribution >= 4 is 92.0 Å². The van der Waals surface area contributed by atoms with Crippen LogP contribution in [0.25, 0.3) is 11.1 Å². The molecule has 7 aliphatic heterocycles. The molecule has 0 radical (unpaired) electrons. The number of ether oxygens (including phenoxy) is 6.